The van der Waals surface area contributed by atoms with Crippen molar-refractivity contribution in [2.75, 3.05) is 7.05 Å². The molecule has 0 saturated heterocycles. The number of imidazole rings is 1. The van der Waals surface area contributed by atoms with Crippen LogP contribution in [0, 0.1) is 0 Å². The molecule has 6 nitrogen and oxygen atoms in total. The van der Waals surface area contributed by atoms with Gasteiger partial charge in [-0.05, 0) is 7.05 Å². The summed E-state index contributed by atoms with van der Waals surface area (Å²) in [5.41, 5.74) is 0.961. The highest BCUT2D eigenvalue weighted by molar-refractivity contribution is 4.91. The highest BCUT2D eigenvalue weighted by atomic mass is 15.4. The minimum atomic E-state index is 0.755. The van der Waals surface area contributed by atoms with Crippen molar-refractivity contribution in [1.82, 2.24) is 29.9 Å². The van der Waals surface area contributed by atoms with E-state index in [1.54, 1.807) is 12.5 Å². The number of nitrogens with one attached hydrogen (secondary N) is 1. The second kappa shape index (κ2) is 4.70. The van der Waals surface area contributed by atoms with Crippen LogP contribution in [0.2, 0.25) is 0 Å². The van der Waals surface area contributed by atoms with Gasteiger partial charge < -0.3 is 9.88 Å². The highest BCUT2D eigenvalue weighted by Gasteiger charge is 1.99. The summed E-state index contributed by atoms with van der Waals surface area (Å²) < 4.78 is 3.85. The third-order valence-electron chi connectivity index (χ3n) is 2.09. The summed E-state index contributed by atoms with van der Waals surface area (Å²) in [6.45, 7) is 2.43. The van der Waals surface area contributed by atoms with Gasteiger partial charge in [0, 0.05) is 31.7 Å². The molecule has 0 amide bonds. The molecular weight excluding hydrogens is 192 g/mol. The minimum absolute atomic E-state index is 0.755. The summed E-state index contributed by atoms with van der Waals surface area (Å²) >= 11 is 0. The van der Waals surface area contributed by atoms with Crippen LogP contribution in [0.1, 0.15) is 5.69 Å². The molecule has 0 saturated carbocycles. The first-order valence-electron chi connectivity index (χ1n) is 4.88. The summed E-state index contributed by atoms with van der Waals surface area (Å²) in [4.78, 5) is 3.98. The van der Waals surface area contributed by atoms with Crippen molar-refractivity contribution in [3.8, 4) is 0 Å². The van der Waals surface area contributed by atoms with E-state index in [1.165, 1.54) is 0 Å². The Morgan fingerprint density at radius 3 is 3.07 bits per heavy atom. The van der Waals surface area contributed by atoms with E-state index >= 15 is 0 Å². The predicted molar refractivity (Wildman–Crippen MR) is 55.0 cm³/mol. The molecule has 0 fully saturated rings. The molecule has 0 radical (unpaired) electrons. The smallest absolute Gasteiger partial charge is 0.0964 e. The quantitative estimate of drug-likeness (QED) is 0.741. The molecule has 2 rings (SSSR count). The van der Waals surface area contributed by atoms with Gasteiger partial charge in [-0.2, -0.15) is 0 Å². The first-order valence-corrected chi connectivity index (χ1v) is 4.88. The molecule has 0 aliphatic heterocycles. The van der Waals surface area contributed by atoms with Crippen LogP contribution in [0.5, 0.6) is 0 Å². The molecule has 1 N–H and O–H groups in total. The lowest BCUT2D eigenvalue weighted by Gasteiger charge is -2.00. The maximum atomic E-state index is 4.03. The normalized spacial score (nSPS) is 10.7. The number of hydrogen-bond acceptors (Lipinski definition) is 4. The first-order chi connectivity index (χ1) is 7.38. The van der Waals surface area contributed by atoms with Gasteiger partial charge in [0.25, 0.3) is 0 Å². The predicted octanol–water partition coefficient (Wildman–Crippen LogP) is -0.106. The average molecular weight is 206 g/mol. The zero-order valence-electron chi connectivity index (χ0n) is 8.67. The lowest BCUT2D eigenvalue weighted by atomic mass is 10.5. The van der Waals surface area contributed by atoms with E-state index in [0.717, 1.165) is 25.3 Å². The Bertz CT molecular complexity index is 390. The van der Waals surface area contributed by atoms with Gasteiger partial charge in [0.05, 0.1) is 18.6 Å². The van der Waals surface area contributed by atoms with Crippen molar-refractivity contribution in [3.05, 3.63) is 30.6 Å². The van der Waals surface area contributed by atoms with Crippen molar-refractivity contribution in [1.29, 1.82) is 0 Å². The van der Waals surface area contributed by atoms with Gasteiger partial charge in [-0.3, -0.25) is 4.68 Å². The summed E-state index contributed by atoms with van der Waals surface area (Å²) in [5, 5.41) is 11.1. The summed E-state index contributed by atoms with van der Waals surface area (Å²) in [5.74, 6) is 0. The van der Waals surface area contributed by atoms with E-state index in [4.69, 9.17) is 0 Å². The molecule has 0 aromatic carbocycles. The van der Waals surface area contributed by atoms with Crippen molar-refractivity contribution >= 4 is 0 Å². The van der Waals surface area contributed by atoms with Crippen LogP contribution in [0.3, 0.4) is 0 Å². The van der Waals surface area contributed by atoms with Gasteiger partial charge in [0.2, 0.25) is 0 Å². The van der Waals surface area contributed by atoms with Crippen LogP contribution in [-0.2, 0) is 19.6 Å². The monoisotopic (exact) mass is 206 g/mol. The lowest BCUT2D eigenvalue weighted by Crippen LogP contribution is -2.06. The molecular formula is C9H14N6. The second-order valence-corrected chi connectivity index (χ2v) is 3.30. The van der Waals surface area contributed by atoms with Gasteiger partial charge in [0.1, 0.15) is 0 Å². The molecule has 2 aromatic heterocycles. The Morgan fingerprint density at radius 2 is 2.33 bits per heavy atom. The fourth-order valence-electron chi connectivity index (χ4n) is 1.35. The van der Waals surface area contributed by atoms with Crippen LogP contribution in [0.15, 0.2) is 24.9 Å². The van der Waals surface area contributed by atoms with E-state index < -0.39 is 0 Å². The van der Waals surface area contributed by atoms with Crippen molar-refractivity contribution in [2.24, 2.45) is 0 Å². The van der Waals surface area contributed by atoms with E-state index in [9.17, 15) is 0 Å². The maximum absolute atomic E-state index is 4.03. The number of hydrogen-bond donors (Lipinski definition) is 1. The van der Waals surface area contributed by atoms with Crippen LogP contribution in [-0.4, -0.2) is 31.6 Å². The Labute approximate surface area is 87.9 Å². The minimum Gasteiger partial charge on any atom is -0.336 e. The largest absolute Gasteiger partial charge is 0.336 e. The number of aryl methyl sites for hydroxylation is 2. The first kappa shape index (κ1) is 9.85. The zero-order chi connectivity index (χ0) is 10.5. The standard InChI is InChI=1S/C9H14N6/c1-10-6-9-7-15(13-12-9)5-4-14-3-2-11-8-14/h2-3,7-8,10H,4-6H2,1H3. The van der Waals surface area contributed by atoms with E-state index in [1.807, 2.05) is 28.7 Å². The maximum Gasteiger partial charge on any atom is 0.0964 e. The van der Waals surface area contributed by atoms with Gasteiger partial charge in [0.15, 0.2) is 0 Å². The Kier molecular flexibility index (Phi) is 3.08. The summed E-state index contributed by atoms with van der Waals surface area (Å²) in [6.07, 6.45) is 7.46. The van der Waals surface area contributed by atoms with Gasteiger partial charge in [-0.25, -0.2) is 4.98 Å². The molecule has 2 aromatic rings. The number of rotatable bonds is 5. The van der Waals surface area contributed by atoms with Crippen LogP contribution < -0.4 is 5.32 Å². The van der Waals surface area contributed by atoms with Gasteiger partial charge in [-0.15, -0.1) is 5.10 Å². The average Bonchev–Trinajstić information content (AvgIpc) is 2.85. The summed E-state index contributed by atoms with van der Waals surface area (Å²) in [7, 11) is 1.89. The molecule has 6 heteroatoms. The Balaban J connectivity index is 1.88. The van der Waals surface area contributed by atoms with E-state index in [0.29, 0.717) is 0 Å². The van der Waals surface area contributed by atoms with Crippen molar-refractivity contribution in [2.45, 2.75) is 19.6 Å². The van der Waals surface area contributed by atoms with Crippen LogP contribution in [0.4, 0.5) is 0 Å². The van der Waals surface area contributed by atoms with Crippen molar-refractivity contribution < 1.29 is 0 Å². The van der Waals surface area contributed by atoms with Gasteiger partial charge in [-0.1, -0.05) is 5.21 Å². The fourth-order valence-corrected chi connectivity index (χ4v) is 1.35. The zero-order valence-corrected chi connectivity index (χ0v) is 8.67. The molecule has 80 valence electrons. The number of nitrogens with zero attached hydrogens (tertiary/aromatic N) is 5. The van der Waals surface area contributed by atoms with E-state index in [2.05, 4.69) is 20.6 Å². The third kappa shape index (κ3) is 2.63. The van der Waals surface area contributed by atoms with Crippen LogP contribution >= 0.6 is 0 Å². The molecule has 2 heterocycles. The fraction of sp³-hybridized carbons (Fsp3) is 0.444. The third-order valence-corrected chi connectivity index (χ3v) is 2.09. The lowest BCUT2D eigenvalue weighted by molar-refractivity contribution is 0.519. The molecule has 0 aliphatic carbocycles. The Hall–Kier alpha value is -1.69. The number of aromatic nitrogens is 5. The van der Waals surface area contributed by atoms with Crippen molar-refractivity contribution in [3.63, 3.8) is 0 Å². The summed E-state index contributed by atoms with van der Waals surface area (Å²) in [6, 6.07) is 0. The van der Waals surface area contributed by atoms with E-state index in [-0.39, 0.29) is 0 Å². The highest BCUT2D eigenvalue weighted by Crippen LogP contribution is 1.94. The molecule has 0 atom stereocenters. The molecule has 15 heavy (non-hydrogen) atoms. The van der Waals surface area contributed by atoms with Crippen LogP contribution in [0.25, 0.3) is 0 Å². The Morgan fingerprint density at radius 1 is 1.40 bits per heavy atom. The molecule has 0 aliphatic rings. The SMILES string of the molecule is CNCc1cn(CCn2ccnc2)nn1. The molecule has 0 bridgehead atoms. The second-order valence-electron chi connectivity index (χ2n) is 3.30. The van der Waals surface area contributed by atoms with Gasteiger partial charge >= 0.3 is 0 Å². The molecule has 0 unspecified atom stereocenters. The topological polar surface area (TPSA) is 60.6 Å². The molecule has 0 spiro atoms.